The van der Waals surface area contributed by atoms with Gasteiger partial charge in [-0.2, -0.15) is 0 Å². The minimum atomic E-state index is -0.394. The van der Waals surface area contributed by atoms with Crippen molar-refractivity contribution in [2.45, 2.75) is 4.34 Å². The van der Waals surface area contributed by atoms with Crippen molar-refractivity contribution >= 4 is 84.1 Å². The van der Waals surface area contributed by atoms with E-state index in [4.69, 9.17) is 0 Å². The van der Waals surface area contributed by atoms with Gasteiger partial charge in [0.05, 0.1) is 26.6 Å². The van der Waals surface area contributed by atoms with Crippen LogP contribution in [0.25, 0.3) is 10.2 Å². The number of carbonyl (C=O) groups excluding carboxylic acids is 1. The molecule has 1 N–H and O–H groups in total. The van der Waals surface area contributed by atoms with Crippen molar-refractivity contribution in [3.05, 3.63) is 80.8 Å². The van der Waals surface area contributed by atoms with Crippen molar-refractivity contribution in [2.24, 2.45) is 4.99 Å². The highest BCUT2D eigenvalue weighted by atomic mass is 79.9. The lowest BCUT2D eigenvalue weighted by Gasteiger charge is -2.12. The number of hydrogen-bond donors (Lipinski definition) is 1. The van der Waals surface area contributed by atoms with Crippen LogP contribution in [0.2, 0.25) is 0 Å². The summed E-state index contributed by atoms with van der Waals surface area (Å²) in [6, 6.07) is 18.1. The van der Waals surface area contributed by atoms with Crippen molar-refractivity contribution in [1.29, 1.82) is 0 Å². The summed E-state index contributed by atoms with van der Waals surface area (Å²) in [5.41, 5.74) is 3.49. The van der Waals surface area contributed by atoms with Crippen LogP contribution in [0, 0.1) is 10.1 Å². The molecule has 8 nitrogen and oxygen atoms in total. The number of halogens is 1. The summed E-state index contributed by atoms with van der Waals surface area (Å²) in [5.74, 6) is 0.152. The van der Waals surface area contributed by atoms with Gasteiger partial charge in [-0.05, 0) is 54.1 Å². The number of hydrogen-bond acceptors (Lipinski definition) is 8. The Balaban J connectivity index is 1.42. The van der Waals surface area contributed by atoms with E-state index in [9.17, 15) is 14.9 Å². The third-order valence-electron chi connectivity index (χ3n) is 4.85. The van der Waals surface area contributed by atoms with Gasteiger partial charge in [-0.3, -0.25) is 19.9 Å². The number of carbonyl (C=O) groups is 1. The fourth-order valence-corrected chi connectivity index (χ4v) is 5.35. The first-order valence-electron chi connectivity index (χ1n) is 10.4. The fraction of sp³-hybridized carbons (Fsp3) is 0.125. The average Bonchev–Trinajstić information content (AvgIpc) is 3.25. The number of nitrogens with one attached hydrogen (secondary N) is 1. The number of benzene rings is 3. The van der Waals surface area contributed by atoms with Crippen LogP contribution in [0.1, 0.15) is 5.56 Å². The van der Waals surface area contributed by atoms with Crippen LogP contribution >= 0.6 is 39.0 Å². The second-order valence-corrected chi connectivity index (χ2v) is 10.8. The molecule has 0 saturated heterocycles. The Morgan fingerprint density at radius 1 is 1.20 bits per heavy atom. The second-order valence-electron chi connectivity index (χ2n) is 7.63. The summed E-state index contributed by atoms with van der Waals surface area (Å²) in [6.07, 6.45) is 1.61. The Labute approximate surface area is 218 Å². The smallest absolute Gasteiger partial charge is 0.293 e. The second kappa shape index (κ2) is 11.0. The van der Waals surface area contributed by atoms with Crippen LogP contribution in [0.15, 0.2) is 74.5 Å². The van der Waals surface area contributed by atoms with Crippen LogP contribution in [-0.4, -0.2) is 41.9 Å². The lowest BCUT2D eigenvalue weighted by atomic mass is 10.1. The van der Waals surface area contributed by atoms with Crippen LogP contribution in [0.5, 0.6) is 0 Å². The van der Waals surface area contributed by atoms with Crippen LogP contribution < -0.4 is 10.2 Å². The van der Waals surface area contributed by atoms with E-state index in [1.54, 1.807) is 37.3 Å². The van der Waals surface area contributed by atoms with Crippen LogP contribution in [-0.2, 0) is 4.79 Å². The highest BCUT2D eigenvalue weighted by Crippen LogP contribution is 2.32. The van der Waals surface area contributed by atoms with Gasteiger partial charge in [0.25, 0.3) is 5.69 Å². The van der Waals surface area contributed by atoms with E-state index in [2.05, 4.69) is 31.2 Å². The van der Waals surface area contributed by atoms with Crippen molar-refractivity contribution < 1.29 is 9.72 Å². The maximum Gasteiger partial charge on any atom is 0.293 e. The lowest BCUT2D eigenvalue weighted by Crippen LogP contribution is -2.13. The maximum absolute atomic E-state index is 12.3. The van der Waals surface area contributed by atoms with Gasteiger partial charge in [0.15, 0.2) is 4.34 Å². The molecule has 3 aromatic carbocycles. The zero-order valence-corrected chi connectivity index (χ0v) is 22.0. The van der Waals surface area contributed by atoms with E-state index in [-0.39, 0.29) is 17.3 Å². The first kappa shape index (κ1) is 24.8. The number of nitro groups is 1. The number of thioether (sulfide) groups is 1. The Morgan fingerprint density at radius 3 is 2.69 bits per heavy atom. The van der Waals surface area contributed by atoms with Gasteiger partial charge in [-0.1, -0.05) is 33.8 Å². The number of nitro benzene ring substituents is 1. The number of nitrogens with zero attached hydrogens (tertiary/aromatic N) is 4. The molecule has 0 saturated carbocycles. The summed E-state index contributed by atoms with van der Waals surface area (Å²) in [5, 5.41) is 14.3. The number of aliphatic imine (C=N–C) groups is 1. The molecule has 0 bridgehead atoms. The molecule has 0 aliphatic heterocycles. The first-order valence-corrected chi connectivity index (χ1v) is 13.0. The SMILES string of the molecule is CN(C)c1ccc(C=Nc2ccc3nc(SCC(=O)Nc4ccc(Br)cc4)sc3c2)cc1[N+](=O)[O-]. The molecule has 1 aromatic heterocycles. The lowest BCUT2D eigenvalue weighted by molar-refractivity contribution is -0.384. The predicted octanol–water partition coefficient (Wildman–Crippen LogP) is 6.51. The van der Waals surface area contributed by atoms with Gasteiger partial charge in [-0.15, -0.1) is 11.3 Å². The van der Waals surface area contributed by atoms with E-state index in [0.717, 1.165) is 24.7 Å². The molecule has 0 aliphatic rings. The maximum atomic E-state index is 12.3. The molecule has 1 heterocycles. The minimum absolute atomic E-state index is 0.0303. The van der Waals surface area contributed by atoms with E-state index in [0.29, 0.717) is 16.9 Å². The third kappa shape index (κ3) is 6.44. The molecule has 11 heteroatoms. The largest absolute Gasteiger partial charge is 0.372 e. The zero-order valence-electron chi connectivity index (χ0n) is 18.8. The van der Waals surface area contributed by atoms with Gasteiger partial charge in [0, 0.05) is 36.5 Å². The van der Waals surface area contributed by atoms with E-state index < -0.39 is 4.92 Å². The van der Waals surface area contributed by atoms with Gasteiger partial charge in [0.2, 0.25) is 5.91 Å². The van der Waals surface area contributed by atoms with Crippen molar-refractivity contribution in [3.8, 4) is 0 Å². The quantitative estimate of drug-likeness (QED) is 0.112. The average molecular weight is 570 g/mol. The molecule has 178 valence electrons. The van der Waals surface area contributed by atoms with Crippen LogP contribution in [0.4, 0.5) is 22.7 Å². The van der Waals surface area contributed by atoms with E-state index >= 15 is 0 Å². The molecule has 0 atom stereocenters. The van der Waals surface area contributed by atoms with Gasteiger partial charge in [-0.25, -0.2) is 4.98 Å². The van der Waals surface area contributed by atoms with Gasteiger partial charge in [0.1, 0.15) is 5.69 Å². The third-order valence-corrected chi connectivity index (χ3v) is 7.54. The molecular formula is C24H20BrN5O3S2. The summed E-state index contributed by atoms with van der Waals surface area (Å²) in [7, 11) is 3.53. The number of anilines is 2. The molecule has 4 rings (SSSR count). The number of rotatable bonds is 8. The van der Waals surface area contributed by atoms with E-state index in [1.165, 1.54) is 29.2 Å². The van der Waals surface area contributed by atoms with Gasteiger partial charge >= 0.3 is 0 Å². The molecule has 4 aromatic rings. The van der Waals surface area contributed by atoms with Crippen molar-refractivity contribution in [2.75, 3.05) is 30.1 Å². The molecule has 1 amide bonds. The topological polar surface area (TPSA) is 101 Å². The standard InChI is InChI=1S/C24H20BrN5O3S2/c1-29(2)20-10-3-15(11-21(20)30(32)33)13-26-18-8-9-19-22(12-18)35-24(28-19)34-14-23(31)27-17-6-4-16(25)5-7-17/h3-13H,14H2,1-2H3,(H,27,31). The Morgan fingerprint density at radius 2 is 1.97 bits per heavy atom. The molecule has 0 unspecified atom stereocenters. The minimum Gasteiger partial charge on any atom is -0.372 e. The normalized spacial score (nSPS) is 11.2. The highest BCUT2D eigenvalue weighted by Gasteiger charge is 2.15. The number of fused-ring (bicyclic) bond motifs is 1. The molecular weight excluding hydrogens is 550 g/mol. The summed E-state index contributed by atoms with van der Waals surface area (Å²) in [6.45, 7) is 0. The summed E-state index contributed by atoms with van der Waals surface area (Å²) < 4.78 is 2.69. The van der Waals surface area contributed by atoms with Crippen molar-refractivity contribution in [1.82, 2.24) is 4.98 Å². The molecule has 0 fully saturated rings. The molecule has 0 spiro atoms. The monoisotopic (exact) mass is 569 g/mol. The fourth-order valence-electron chi connectivity index (χ4n) is 3.19. The summed E-state index contributed by atoms with van der Waals surface area (Å²) in [4.78, 5) is 34.0. The number of aromatic nitrogens is 1. The Bertz CT molecular complexity index is 1420. The number of thiazole rings is 1. The predicted molar refractivity (Wildman–Crippen MR) is 148 cm³/mol. The van der Waals surface area contributed by atoms with Gasteiger partial charge < -0.3 is 10.2 Å². The van der Waals surface area contributed by atoms with Crippen LogP contribution in [0.3, 0.4) is 0 Å². The molecule has 35 heavy (non-hydrogen) atoms. The Kier molecular flexibility index (Phi) is 7.79. The summed E-state index contributed by atoms with van der Waals surface area (Å²) >= 11 is 6.25. The van der Waals surface area contributed by atoms with E-state index in [1.807, 2.05) is 42.5 Å². The Hall–Kier alpha value is -3.28. The zero-order chi connectivity index (χ0) is 24.9. The molecule has 0 aliphatic carbocycles. The molecule has 0 radical (unpaired) electrons. The number of amides is 1. The van der Waals surface area contributed by atoms with Crippen molar-refractivity contribution in [3.63, 3.8) is 0 Å². The highest BCUT2D eigenvalue weighted by molar-refractivity contribution is 9.10. The first-order chi connectivity index (χ1) is 16.8.